The van der Waals surface area contributed by atoms with E-state index in [0.717, 1.165) is 77.6 Å². The summed E-state index contributed by atoms with van der Waals surface area (Å²) in [6, 6.07) is 66.9. The minimum Gasteiger partial charge on any atom is -0.309 e. The summed E-state index contributed by atoms with van der Waals surface area (Å²) in [5, 5.41) is 33.7. The van der Waals surface area contributed by atoms with Crippen LogP contribution >= 0.6 is 0 Å². The number of benzene rings is 8. The number of nitriles is 3. The standard InChI is InChI=1S/C51H29N5/c52-30-33-10-9-11-36(24-33)40-12-1-3-14-42(40)43-15-4-2-13-41(43)37-27-38(55-48-18-7-5-16-44(48)45-17-6-8-19-49(45)55)29-39(28-37)56-50-22-20-34(31-53)25-46(50)47-26-35(32-54)21-23-51(47)56/h1-29H. The van der Waals surface area contributed by atoms with Crippen molar-refractivity contribution in [3.8, 4) is 63.0 Å². The fraction of sp³-hybridized carbons (Fsp3) is 0. The van der Waals surface area contributed by atoms with Crippen molar-refractivity contribution in [1.29, 1.82) is 15.8 Å². The molecule has 2 heterocycles. The van der Waals surface area contributed by atoms with Crippen LogP contribution in [0.1, 0.15) is 16.7 Å². The van der Waals surface area contributed by atoms with Gasteiger partial charge in [0.25, 0.3) is 0 Å². The second-order valence-electron chi connectivity index (χ2n) is 13.9. The molecule has 0 N–H and O–H groups in total. The van der Waals surface area contributed by atoms with Crippen LogP contribution in [-0.2, 0) is 0 Å². The minimum absolute atomic E-state index is 0.562. The van der Waals surface area contributed by atoms with Gasteiger partial charge in [-0.3, -0.25) is 0 Å². The van der Waals surface area contributed by atoms with Crippen LogP contribution in [0.2, 0.25) is 0 Å². The van der Waals surface area contributed by atoms with E-state index in [-0.39, 0.29) is 0 Å². The van der Waals surface area contributed by atoms with E-state index in [1.54, 1.807) is 0 Å². The van der Waals surface area contributed by atoms with Crippen LogP contribution in [0, 0.1) is 34.0 Å². The number of para-hydroxylation sites is 2. The lowest BCUT2D eigenvalue weighted by Crippen LogP contribution is -2.00. The van der Waals surface area contributed by atoms with Crippen molar-refractivity contribution in [3.05, 3.63) is 193 Å². The highest BCUT2D eigenvalue weighted by Crippen LogP contribution is 2.42. The van der Waals surface area contributed by atoms with Crippen LogP contribution in [0.3, 0.4) is 0 Å². The Balaban J connectivity index is 1.30. The van der Waals surface area contributed by atoms with Crippen LogP contribution in [0.15, 0.2) is 176 Å². The van der Waals surface area contributed by atoms with Gasteiger partial charge in [-0.05, 0) is 112 Å². The third kappa shape index (κ3) is 5.14. The maximum Gasteiger partial charge on any atom is 0.0991 e. The van der Waals surface area contributed by atoms with Crippen molar-refractivity contribution in [2.45, 2.75) is 0 Å². The van der Waals surface area contributed by atoms with E-state index in [0.29, 0.717) is 16.7 Å². The molecule has 8 aromatic carbocycles. The summed E-state index contributed by atoms with van der Waals surface area (Å²) in [6.45, 7) is 0. The lowest BCUT2D eigenvalue weighted by Gasteiger charge is -2.18. The first kappa shape index (κ1) is 32.5. The maximum absolute atomic E-state index is 9.88. The molecule has 0 atom stereocenters. The summed E-state index contributed by atoms with van der Waals surface area (Å²) >= 11 is 0. The van der Waals surface area contributed by atoms with Crippen LogP contribution in [0.4, 0.5) is 0 Å². The van der Waals surface area contributed by atoms with E-state index in [4.69, 9.17) is 0 Å². The predicted molar refractivity (Wildman–Crippen MR) is 226 cm³/mol. The molecule has 0 fully saturated rings. The van der Waals surface area contributed by atoms with Gasteiger partial charge in [0.2, 0.25) is 0 Å². The zero-order chi connectivity index (χ0) is 37.8. The zero-order valence-electron chi connectivity index (χ0n) is 30.0. The number of rotatable bonds is 5. The number of nitrogens with zero attached hydrogens (tertiary/aromatic N) is 5. The Bertz CT molecular complexity index is 3230. The first-order valence-electron chi connectivity index (χ1n) is 18.4. The fourth-order valence-electron chi connectivity index (χ4n) is 8.35. The molecule has 0 aliphatic rings. The van der Waals surface area contributed by atoms with Crippen LogP contribution < -0.4 is 0 Å². The summed E-state index contributed by atoms with van der Waals surface area (Å²) in [6.07, 6.45) is 0. The van der Waals surface area contributed by atoms with E-state index in [1.807, 2.05) is 60.7 Å². The fourth-order valence-corrected chi connectivity index (χ4v) is 8.35. The van der Waals surface area contributed by atoms with Gasteiger partial charge in [0.15, 0.2) is 0 Å². The second-order valence-corrected chi connectivity index (χ2v) is 13.9. The average Bonchev–Trinajstić information content (AvgIpc) is 3.78. The smallest absolute Gasteiger partial charge is 0.0991 e. The highest BCUT2D eigenvalue weighted by Gasteiger charge is 2.20. The molecule has 2 aromatic heterocycles. The monoisotopic (exact) mass is 711 g/mol. The van der Waals surface area contributed by atoms with Gasteiger partial charge in [-0.2, -0.15) is 15.8 Å². The number of fused-ring (bicyclic) bond motifs is 6. The molecule has 0 spiro atoms. The van der Waals surface area contributed by atoms with Gasteiger partial charge in [0, 0.05) is 32.9 Å². The van der Waals surface area contributed by atoms with Crippen LogP contribution in [0.25, 0.3) is 88.4 Å². The summed E-state index contributed by atoms with van der Waals surface area (Å²) in [7, 11) is 0. The maximum atomic E-state index is 9.88. The Hall–Kier alpha value is -8.17. The molecule has 56 heavy (non-hydrogen) atoms. The summed E-state index contributed by atoms with van der Waals surface area (Å²) < 4.78 is 4.59. The molecule has 0 radical (unpaired) electrons. The molecule has 0 aliphatic heterocycles. The molecule has 5 heteroatoms. The average molecular weight is 712 g/mol. The molecule has 10 aromatic rings. The normalized spacial score (nSPS) is 11.2. The van der Waals surface area contributed by atoms with Crippen molar-refractivity contribution in [3.63, 3.8) is 0 Å². The van der Waals surface area contributed by atoms with Gasteiger partial charge in [-0.1, -0.05) is 97.1 Å². The Morgan fingerprint density at radius 1 is 0.304 bits per heavy atom. The first-order chi connectivity index (χ1) is 27.6. The van der Waals surface area contributed by atoms with Crippen LogP contribution in [0.5, 0.6) is 0 Å². The Morgan fingerprint density at radius 3 is 1.25 bits per heavy atom. The summed E-state index contributed by atoms with van der Waals surface area (Å²) in [4.78, 5) is 0. The highest BCUT2D eigenvalue weighted by molar-refractivity contribution is 6.11. The van der Waals surface area contributed by atoms with E-state index >= 15 is 0 Å². The summed E-state index contributed by atoms with van der Waals surface area (Å²) in [5.41, 5.74) is 14.0. The van der Waals surface area contributed by atoms with Crippen molar-refractivity contribution in [2.24, 2.45) is 0 Å². The van der Waals surface area contributed by atoms with Gasteiger partial charge in [0.05, 0.1) is 57.0 Å². The molecular weight excluding hydrogens is 683 g/mol. The molecule has 0 saturated carbocycles. The van der Waals surface area contributed by atoms with Gasteiger partial charge in [-0.15, -0.1) is 0 Å². The van der Waals surface area contributed by atoms with Crippen LogP contribution in [-0.4, -0.2) is 9.13 Å². The van der Waals surface area contributed by atoms with Crippen molar-refractivity contribution in [1.82, 2.24) is 9.13 Å². The lowest BCUT2D eigenvalue weighted by molar-refractivity contribution is 1.13. The summed E-state index contributed by atoms with van der Waals surface area (Å²) in [5.74, 6) is 0. The molecule has 0 saturated heterocycles. The molecular formula is C51H29N5. The Labute approximate surface area is 323 Å². The third-order valence-corrected chi connectivity index (χ3v) is 10.8. The number of hydrogen-bond acceptors (Lipinski definition) is 3. The molecule has 258 valence electrons. The van der Waals surface area contributed by atoms with Crippen molar-refractivity contribution < 1.29 is 0 Å². The molecule has 0 unspecified atom stereocenters. The van der Waals surface area contributed by atoms with E-state index < -0.39 is 0 Å². The second kappa shape index (κ2) is 13.0. The van der Waals surface area contributed by atoms with Gasteiger partial charge < -0.3 is 9.13 Å². The number of hydrogen-bond donors (Lipinski definition) is 0. The Morgan fingerprint density at radius 2 is 0.732 bits per heavy atom. The molecule has 0 aliphatic carbocycles. The van der Waals surface area contributed by atoms with Crippen molar-refractivity contribution >= 4 is 43.6 Å². The molecule has 5 nitrogen and oxygen atoms in total. The van der Waals surface area contributed by atoms with E-state index in [9.17, 15) is 15.8 Å². The molecule has 10 rings (SSSR count). The molecule has 0 amide bonds. The zero-order valence-corrected chi connectivity index (χ0v) is 30.0. The van der Waals surface area contributed by atoms with Gasteiger partial charge in [0.1, 0.15) is 0 Å². The van der Waals surface area contributed by atoms with E-state index in [2.05, 4.69) is 143 Å². The lowest BCUT2D eigenvalue weighted by atomic mass is 9.89. The predicted octanol–water partition coefficient (Wildman–Crippen LogP) is 12.5. The largest absolute Gasteiger partial charge is 0.309 e. The minimum atomic E-state index is 0.562. The SMILES string of the molecule is N#Cc1cccc(-c2ccccc2-c2ccccc2-c2cc(-n3c4ccccc4c4ccccc43)cc(-n3c4ccc(C#N)cc4c4cc(C#N)ccc43)c2)c1. The number of aromatic nitrogens is 2. The quantitative estimate of drug-likeness (QED) is 0.178. The topological polar surface area (TPSA) is 81.2 Å². The first-order valence-corrected chi connectivity index (χ1v) is 18.4. The van der Waals surface area contributed by atoms with Gasteiger partial charge >= 0.3 is 0 Å². The Kier molecular flexibility index (Phi) is 7.57. The molecule has 0 bridgehead atoms. The highest BCUT2D eigenvalue weighted by atomic mass is 15.0. The van der Waals surface area contributed by atoms with Crippen molar-refractivity contribution in [2.75, 3.05) is 0 Å². The van der Waals surface area contributed by atoms with Gasteiger partial charge in [-0.25, -0.2) is 0 Å². The third-order valence-electron chi connectivity index (χ3n) is 10.8. The van der Waals surface area contributed by atoms with E-state index in [1.165, 1.54) is 10.8 Å².